The van der Waals surface area contributed by atoms with Gasteiger partial charge < -0.3 is 19.5 Å². The van der Waals surface area contributed by atoms with Crippen molar-refractivity contribution >= 4 is 0 Å². The predicted octanol–water partition coefficient (Wildman–Crippen LogP) is 1.93. The van der Waals surface area contributed by atoms with Gasteiger partial charge in [0.05, 0.1) is 26.9 Å². The molecule has 4 heteroatoms. The number of nitrogens with one attached hydrogen (secondary N) is 1. The standard InChI is InChI=1S/C14H21NO3/c1-15-6-4-12-11-9-14(17-3)13(16-2)8-10(11)5-7-18-12/h8-9,12,15H,4-7H2,1-3H3. The van der Waals surface area contributed by atoms with E-state index in [0.29, 0.717) is 0 Å². The molecule has 100 valence electrons. The van der Waals surface area contributed by atoms with Gasteiger partial charge in [0.15, 0.2) is 11.5 Å². The quantitative estimate of drug-likeness (QED) is 0.868. The summed E-state index contributed by atoms with van der Waals surface area (Å²) in [7, 11) is 5.29. The summed E-state index contributed by atoms with van der Waals surface area (Å²) in [4.78, 5) is 0. The number of rotatable bonds is 5. The Labute approximate surface area is 108 Å². The van der Waals surface area contributed by atoms with Crippen molar-refractivity contribution in [1.82, 2.24) is 5.32 Å². The van der Waals surface area contributed by atoms with Crippen LogP contribution in [-0.2, 0) is 11.2 Å². The minimum Gasteiger partial charge on any atom is -0.493 e. The normalized spacial score (nSPS) is 18.3. The molecule has 2 rings (SSSR count). The van der Waals surface area contributed by atoms with Crippen LogP contribution in [0, 0.1) is 0 Å². The SMILES string of the molecule is CNCCC1OCCc2cc(OC)c(OC)cc21. The zero-order valence-electron chi connectivity index (χ0n) is 11.3. The Balaban J connectivity index is 2.31. The summed E-state index contributed by atoms with van der Waals surface area (Å²) in [5.74, 6) is 1.57. The fourth-order valence-corrected chi connectivity index (χ4v) is 2.37. The molecule has 0 bridgehead atoms. The summed E-state index contributed by atoms with van der Waals surface area (Å²) < 4.78 is 16.5. The van der Waals surface area contributed by atoms with Gasteiger partial charge in [0.1, 0.15) is 0 Å². The Morgan fingerprint density at radius 3 is 2.67 bits per heavy atom. The van der Waals surface area contributed by atoms with Crippen LogP contribution >= 0.6 is 0 Å². The highest BCUT2D eigenvalue weighted by Gasteiger charge is 2.23. The van der Waals surface area contributed by atoms with Gasteiger partial charge in [0, 0.05) is 0 Å². The summed E-state index contributed by atoms with van der Waals surface area (Å²) in [6, 6.07) is 4.12. The maximum absolute atomic E-state index is 5.84. The molecule has 1 aliphatic heterocycles. The summed E-state index contributed by atoms with van der Waals surface area (Å²) in [6.45, 7) is 1.72. The van der Waals surface area contributed by atoms with E-state index in [1.807, 2.05) is 13.1 Å². The van der Waals surface area contributed by atoms with Crippen molar-refractivity contribution in [2.24, 2.45) is 0 Å². The van der Waals surface area contributed by atoms with Crippen LogP contribution in [0.5, 0.6) is 11.5 Å². The van der Waals surface area contributed by atoms with Gasteiger partial charge in [-0.15, -0.1) is 0 Å². The van der Waals surface area contributed by atoms with Crippen molar-refractivity contribution in [3.05, 3.63) is 23.3 Å². The molecular formula is C14H21NO3. The maximum Gasteiger partial charge on any atom is 0.161 e. The van der Waals surface area contributed by atoms with Crippen LogP contribution in [0.3, 0.4) is 0 Å². The second-order valence-corrected chi connectivity index (χ2v) is 4.41. The van der Waals surface area contributed by atoms with E-state index in [9.17, 15) is 0 Å². The average molecular weight is 251 g/mol. The minimum absolute atomic E-state index is 0.154. The molecule has 1 unspecified atom stereocenters. The molecule has 0 radical (unpaired) electrons. The number of benzene rings is 1. The molecule has 0 aromatic heterocycles. The number of methoxy groups -OCH3 is 2. The van der Waals surface area contributed by atoms with Crippen LogP contribution in [0.2, 0.25) is 0 Å². The third-order valence-corrected chi connectivity index (χ3v) is 3.34. The minimum atomic E-state index is 0.154. The molecule has 0 amide bonds. The molecule has 1 atom stereocenters. The highest BCUT2D eigenvalue weighted by Crippen LogP contribution is 2.37. The number of hydrogen-bond acceptors (Lipinski definition) is 4. The van der Waals surface area contributed by atoms with Gasteiger partial charge in [0.25, 0.3) is 0 Å². The van der Waals surface area contributed by atoms with Crippen LogP contribution in [0.1, 0.15) is 23.7 Å². The highest BCUT2D eigenvalue weighted by molar-refractivity contribution is 5.48. The van der Waals surface area contributed by atoms with Gasteiger partial charge in [-0.25, -0.2) is 0 Å². The number of hydrogen-bond donors (Lipinski definition) is 1. The third kappa shape index (κ3) is 2.60. The molecule has 18 heavy (non-hydrogen) atoms. The van der Waals surface area contributed by atoms with Crippen molar-refractivity contribution < 1.29 is 14.2 Å². The topological polar surface area (TPSA) is 39.7 Å². The van der Waals surface area contributed by atoms with Crippen molar-refractivity contribution in [2.75, 3.05) is 34.4 Å². The van der Waals surface area contributed by atoms with Crippen LogP contribution in [0.25, 0.3) is 0 Å². The Morgan fingerprint density at radius 2 is 2.00 bits per heavy atom. The molecule has 1 N–H and O–H groups in total. The van der Waals surface area contributed by atoms with E-state index < -0.39 is 0 Å². The van der Waals surface area contributed by atoms with E-state index in [4.69, 9.17) is 14.2 Å². The molecule has 0 spiro atoms. The van der Waals surface area contributed by atoms with Crippen molar-refractivity contribution in [3.63, 3.8) is 0 Å². The molecule has 0 saturated heterocycles. The largest absolute Gasteiger partial charge is 0.493 e. The molecule has 0 aliphatic carbocycles. The maximum atomic E-state index is 5.84. The van der Waals surface area contributed by atoms with Crippen molar-refractivity contribution in [2.45, 2.75) is 18.9 Å². The molecule has 1 heterocycles. The first-order valence-electron chi connectivity index (χ1n) is 6.31. The Bertz CT molecular complexity index is 406. The lowest BCUT2D eigenvalue weighted by Gasteiger charge is -2.27. The fraction of sp³-hybridized carbons (Fsp3) is 0.571. The van der Waals surface area contributed by atoms with E-state index in [2.05, 4.69) is 11.4 Å². The molecule has 0 saturated carbocycles. The first kappa shape index (κ1) is 13.2. The smallest absolute Gasteiger partial charge is 0.161 e. The monoisotopic (exact) mass is 251 g/mol. The first-order valence-corrected chi connectivity index (χ1v) is 6.31. The fourth-order valence-electron chi connectivity index (χ4n) is 2.37. The summed E-state index contributed by atoms with van der Waals surface area (Å²) in [5, 5.41) is 3.16. The molecule has 4 nitrogen and oxygen atoms in total. The van der Waals surface area contributed by atoms with Gasteiger partial charge in [-0.2, -0.15) is 0 Å². The Morgan fingerprint density at radius 1 is 1.28 bits per heavy atom. The van der Waals surface area contributed by atoms with Crippen molar-refractivity contribution in [3.8, 4) is 11.5 Å². The van der Waals surface area contributed by atoms with E-state index in [1.165, 1.54) is 11.1 Å². The lowest BCUT2D eigenvalue weighted by Crippen LogP contribution is -2.20. The summed E-state index contributed by atoms with van der Waals surface area (Å²) >= 11 is 0. The van der Waals surface area contributed by atoms with Crippen LogP contribution in [-0.4, -0.2) is 34.4 Å². The predicted molar refractivity (Wildman–Crippen MR) is 70.5 cm³/mol. The zero-order chi connectivity index (χ0) is 13.0. The highest BCUT2D eigenvalue weighted by atomic mass is 16.5. The second kappa shape index (κ2) is 6.07. The van der Waals surface area contributed by atoms with Crippen LogP contribution in [0.15, 0.2) is 12.1 Å². The lowest BCUT2D eigenvalue weighted by molar-refractivity contribution is 0.0368. The summed E-state index contributed by atoms with van der Waals surface area (Å²) in [6.07, 6.45) is 2.06. The van der Waals surface area contributed by atoms with Crippen LogP contribution in [0.4, 0.5) is 0 Å². The van der Waals surface area contributed by atoms with Gasteiger partial charge >= 0.3 is 0 Å². The van der Waals surface area contributed by atoms with Gasteiger partial charge in [-0.3, -0.25) is 0 Å². The summed E-state index contributed by atoms with van der Waals surface area (Å²) in [5.41, 5.74) is 2.54. The van der Waals surface area contributed by atoms with Gasteiger partial charge in [0.2, 0.25) is 0 Å². The van der Waals surface area contributed by atoms with E-state index in [1.54, 1.807) is 14.2 Å². The van der Waals surface area contributed by atoms with Crippen LogP contribution < -0.4 is 14.8 Å². The third-order valence-electron chi connectivity index (χ3n) is 3.34. The Hall–Kier alpha value is -1.26. The zero-order valence-corrected chi connectivity index (χ0v) is 11.3. The van der Waals surface area contributed by atoms with E-state index in [0.717, 1.165) is 37.5 Å². The number of fused-ring (bicyclic) bond motifs is 1. The van der Waals surface area contributed by atoms with Gasteiger partial charge in [-0.1, -0.05) is 0 Å². The molecule has 1 aliphatic rings. The van der Waals surface area contributed by atoms with Crippen molar-refractivity contribution in [1.29, 1.82) is 0 Å². The van der Waals surface area contributed by atoms with E-state index >= 15 is 0 Å². The Kier molecular flexibility index (Phi) is 4.44. The second-order valence-electron chi connectivity index (χ2n) is 4.41. The molecular weight excluding hydrogens is 230 g/mol. The average Bonchev–Trinajstić information content (AvgIpc) is 2.43. The van der Waals surface area contributed by atoms with Gasteiger partial charge in [-0.05, 0) is 49.7 Å². The number of ether oxygens (including phenoxy) is 3. The molecule has 1 aromatic carbocycles. The molecule has 1 aromatic rings. The first-order chi connectivity index (χ1) is 8.80. The lowest BCUT2D eigenvalue weighted by atomic mass is 9.95. The molecule has 0 fully saturated rings. The van der Waals surface area contributed by atoms with E-state index in [-0.39, 0.29) is 6.10 Å².